The molecular formula is C15H16N4O5. The molecule has 0 saturated carbocycles. The highest BCUT2D eigenvalue weighted by atomic mass is 16.5. The maximum atomic E-state index is 12.4. The van der Waals surface area contributed by atoms with Crippen LogP contribution < -0.4 is 5.56 Å². The molecule has 3 rings (SSSR count). The fraction of sp³-hybridized carbons (Fsp3) is 0.400. The van der Waals surface area contributed by atoms with Crippen molar-refractivity contribution in [3.63, 3.8) is 0 Å². The molecule has 126 valence electrons. The number of aliphatic carboxylic acids is 1. The van der Waals surface area contributed by atoms with Gasteiger partial charge >= 0.3 is 5.97 Å². The largest absolute Gasteiger partial charge is 0.481 e. The smallest absolute Gasteiger partial charge is 0.306 e. The van der Waals surface area contributed by atoms with Gasteiger partial charge in [0.15, 0.2) is 0 Å². The Labute approximate surface area is 136 Å². The fourth-order valence-corrected chi connectivity index (χ4v) is 2.62. The van der Waals surface area contributed by atoms with Gasteiger partial charge in [0.2, 0.25) is 5.91 Å². The summed E-state index contributed by atoms with van der Waals surface area (Å²) in [5, 5.41) is 16.9. The lowest BCUT2D eigenvalue weighted by atomic mass is 10.2. The van der Waals surface area contributed by atoms with Crippen molar-refractivity contribution in [3.8, 4) is 0 Å². The van der Waals surface area contributed by atoms with Gasteiger partial charge in [-0.1, -0.05) is 17.3 Å². The molecule has 0 unspecified atom stereocenters. The van der Waals surface area contributed by atoms with Gasteiger partial charge in [-0.05, 0) is 12.1 Å². The van der Waals surface area contributed by atoms with Crippen molar-refractivity contribution in [2.45, 2.75) is 19.1 Å². The SMILES string of the molecule is O=C(O)C[C@H]1CN(C(=O)Cn2nnc3ccccc3c2=O)CCO1. The van der Waals surface area contributed by atoms with Crippen LogP contribution in [0.25, 0.3) is 10.9 Å². The molecule has 9 heteroatoms. The van der Waals surface area contributed by atoms with Crippen molar-refractivity contribution >= 4 is 22.8 Å². The molecule has 1 atom stereocenters. The summed E-state index contributed by atoms with van der Waals surface area (Å²) in [6.45, 7) is 0.560. The lowest BCUT2D eigenvalue weighted by Crippen LogP contribution is -2.48. The van der Waals surface area contributed by atoms with Crippen molar-refractivity contribution in [1.29, 1.82) is 0 Å². The van der Waals surface area contributed by atoms with Crippen molar-refractivity contribution in [3.05, 3.63) is 34.6 Å². The average molecular weight is 332 g/mol. The molecule has 9 nitrogen and oxygen atoms in total. The number of hydrogen-bond acceptors (Lipinski definition) is 6. The van der Waals surface area contributed by atoms with Gasteiger partial charge in [-0.15, -0.1) is 5.10 Å². The molecule has 1 amide bonds. The highest BCUT2D eigenvalue weighted by molar-refractivity contribution is 5.78. The van der Waals surface area contributed by atoms with E-state index in [1.807, 2.05) is 0 Å². The van der Waals surface area contributed by atoms with Crippen LogP contribution in [0, 0.1) is 0 Å². The second-order valence-corrected chi connectivity index (χ2v) is 5.50. The number of carboxylic acid groups (broad SMARTS) is 1. The highest BCUT2D eigenvalue weighted by Crippen LogP contribution is 2.10. The van der Waals surface area contributed by atoms with Crippen LogP contribution >= 0.6 is 0 Å². The second-order valence-electron chi connectivity index (χ2n) is 5.50. The van der Waals surface area contributed by atoms with E-state index < -0.39 is 12.1 Å². The molecule has 0 bridgehead atoms. The lowest BCUT2D eigenvalue weighted by molar-refractivity contribution is -0.148. The Kier molecular flexibility index (Phi) is 4.52. The monoisotopic (exact) mass is 332 g/mol. The average Bonchev–Trinajstić information content (AvgIpc) is 2.57. The zero-order chi connectivity index (χ0) is 17.1. The maximum absolute atomic E-state index is 12.4. The van der Waals surface area contributed by atoms with Crippen LogP contribution in [0.2, 0.25) is 0 Å². The predicted molar refractivity (Wildman–Crippen MR) is 82.4 cm³/mol. The van der Waals surface area contributed by atoms with Gasteiger partial charge in [0.1, 0.15) is 12.1 Å². The molecule has 1 aromatic carbocycles. The molecule has 1 aliphatic heterocycles. The number of aromatic nitrogens is 3. The van der Waals surface area contributed by atoms with Gasteiger partial charge in [-0.25, -0.2) is 4.68 Å². The third kappa shape index (κ3) is 3.40. The van der Waals surface area contributed by atoms with E-state index in [1.165, 1.54) is 4.90 Å². The van der Waals surface area contributed by atoms with Gasteiger partial charge in [0.05, 0.1) is 24.5 Å². The topological polar surface area (TPSA) is 115 Å². The lowest BCUT2D eigenvalue weighted by Gasteiger charge is -2.32. The molecule has 1 N–H and O–H groups in total. The Balaban J connectivity index is 1.74. The third-order valence-electron chi connectivity index (χ3n) is 3.81. The third-order valence-corrected chi connectivity index (χ3v) is 3.81. The first-order valence-corrected chi connectivity index (χ1v) is 7.48. The highest BCUT2D eigenvalue weighted by Gasteiger charge is 2.26. The van der Waals surface area contributed by atoms with E-state index in [2.05, 4.69) is 10.3 Å². The number of carbonyl (C=O) groups is 2. The van der Waals surface area contributed by atoms with Crippen molar-refractivity contribution in [1.82, 2.24) is 19.9 Å². The van der Waals surface area contributed by atoms with E-state index >= 15 is 0 Å². The molecule has 1 aliphatic rings. The van der Waals surface area contributed by atoms with E-state index in [-0.39, 0.29) is 37.6 Å². The minimum Gasteiger partial charge on any atom is -0.481 e. The Bertz CT molecular complexity index is 834. The van der Waals surface area contributed by atoms with Gasteiger partial charge < -0.3 is 14.7 Å². The Morgan fingerprint density at radius 3 is 2.92 bits per heavy atom. The van der Waals surface area contributed by atoms with Crippen LogP contribution in [0.4, 0.5) is 0 Å². The zero-order valence-corrected chi connectivity index (χ0v) is 12.8. The molecule has 1 fully saturated rings. The second kappa shape index (κ2) is 6.75. The number of ether oxygens (including phenoxy) is 1. The van der Waals surface area contributed by atoms with Crippen molar-refractivity contribution in [2.75, 3.05) is 19.7 Å². The Morgan fingerprint density at radius 2 is 2.12 bits per heavy atom. The molecule has 2 aromatic rings. The first kappa shape index (κ1) is 16.1. The summed E-state index contributed by atoms with van der Waals surface area (Å²) in [6.07, 6.45) is -0.709. The molecule has 0 aliphatic carbocycles. The Hall–Kier alpha value is -2.81. The number of carboxylic acids is 1. The number of nitrogens with zero attached hydrogens (tertiary/aromatic N) is 4. The summed E-state index contributed by atoms with van der Waals surface area (Å²) in [5.41, 5.74) is 0.0865. The number of fused-ring (bicyclic) bond motifs is 1. The van der Waals surface area contributed by atoms with Crippen LogP contribution in [0.15, 0.2) is 29.1 Å². The van der Waals surface area contributed by atoms with E-state index in [0.29, 0.717) is 17.4 Å². The van der Waals surface area contributed by atoms with E-state index in [0.717, 1.165) is 4.68 Å². The molecule has 24 heavy (non-hydrogen) atoms. The first-order chi connectivity index (χ1) is 11.5. The molecule has 1 aromatic heterocycles. The summed E-state index contributed by atoms with van der Waals surface area (Å²) < 4.78 is 6.35. The van der Waals surface area contributed by atoms with Gasteiger partial charge in [0, 0.05) is 13.1 Å². The summed E-state index contributed by atoms with van der Waals surface area (Å²) in [7, 11) is 0. The molecular weight excluding hydrogens is 316 g/mol. The van der Waals surface area contributed by atoms with Crippen LogP contribution in [-0.4, -0.2) is 62.7 Å². The number of amides is 1. The quantitative estimate of drug-likeness (QED) is 0.802. The number of morpholine rings is 1. The summed E-state index contributed by atoms with van der Waals surface area (Å²) in [5.74, 6) is -1.30. The standard InChI is InChI=1S/C15H16N4O5/c20-13(18-5-6-24-10(8-18)7-14(21)22)9-19-15(23)11-3-1-2-4-12(11)16-17-19/h1-4,10H,5-9H2,(H,21,22)/t10-/m0/s1. The molecule has 1 saturated heterocycles. The fourth-order valence-electron chi connectivity index (χ4n) is 2.62. The van der Waals surface area contributed by atoms with E-state index in [9.17, 15) is 14.4 Å². The van der Waals surface area contributed by atoms with Crippen molar-refractivity contribution < 1.29 is 19.4 Å². The zero-order valence-electron chi connectivity index (χ0n) is 12.8. The van der Waals surface area contributed by atoms with Gasteiger partial charge in [-0.3, -0.25) is 14.4 Å². The van der Waals surface area contributed by atoms with E-state index in [4.69, 9.17) is 9.84 Å². The first-order valence-electron chi connectivity index (χ1n) is 7.48. The Morgan fingerprint density at radius 1 is 1.33 bits per heavy atom. The number of benzene rings is 1. The minimum absolute atomic E-state index is 0.167. The summed E-state index contributed by atoms with van der Waals surface area (Å²) in [4.78, 5) is 37.0. The van der Waals surface area contributed by atoms with Gasteiger partial charge in [-0.2, -0.15) is 0 Å². The predicted octanol–water partition coefficient (Wildman–Crippen LogP) is -0.506. The minimum atomic E-state index is -0.981. The molecule has 2 heterocycles. The van der Waals surface area contributed by atoms with Crippen LogP contribution in [0.1, 0.15) is 6.42 Å². The van der Waals surface area contributed by atoms with Gasteiger partial charge in [0.25, 0.3) is 5.56 Å². The van der Waals surface area contributed by atoms with E-state index in [1.54, 1.807) is 24.3 Å². The number of carbonyl (C=O) groups excluding carboxylic acids is 1. The van der Waals surface area contributed by atoms with Crippen molar-refractivity contribution in [2.24, 2.45) is 0 Å². The summed E-state index contributed by atoms with van der Waals surface area (Å²) >= 11 is 0. The molecule has 0 radical (unpaired) electrons. The van der Waals surface area contributed by atoms with Crippen LogP contribution in [0.3, 0.4) is 0 Å². The summed E-state index contributed by atoms with van der Waals surface area (Å²) in [6, 6.07) is 6.78. The normalized spacial score (nSPS) is 17.8. The van der Waals surface area contributed by atoms with Crippen LogP contribution in [-0.2, 0) is 20.9 Å². The molecule has 0 spiro atoms. The maximum Gasteiger partial charge on any atom is 0.306 e. The van der Waals surface area contributed by atoms with Crippen LogP contribution in [0.5, 0.6) is 0 Å². The number of rotatable bonds is 4. The number of hydrogen-bond donors (Lipinski definition) is 1.